The van der Waals surface area contributed by atoms with Crippen molar-refractivity contribution in [2.45, 2.75) is 19.9 Å². The molecule has 9 nitrogen and oxygen atoms in total. The topological polar surface area (TPSA) is 109 Å². The van der Waals surface area contributed by atoms with Crippen molar-refractivity contribution in [3.63, 3.8) is 0 Å². The maximum absolute atomic E-state index is 13.8. The lowest BCUT2D eigenvalue weighted by Gasteiger charge is -2.26. The number of phenols is 1. The van der Waals surface area contributed by atoms with Crippen LogP contribution in [-0.4, -0.2) is 43.6 Å². The molecule has 10 heteroatoms. The minimum Gasteiger partial charge on any atom is -0.504 e. The summed E-state index contributed by atoms with van der Waals surface area (Å²) in [5, 5.41) is 9.91. The van der Waals surface area contributed by atoms with Crippen molar-refractivity contribution in [1.29, 1.82) is 0 Å². The van der Waals surface area contributed by atoms with Crippen LogP contribution in [0.25, 0.3) is 6.08 Å². The number of fused-ring (bicyclic) bond motifs is 1. The van der Waals surface area contributed by atoms with Gasteiger partial charge in [-0.1, -0.05) is 17.4 Å². The number of aromatic hydroxyl groups is 1. The van der Waals surface area contributed by atoms with Crippen LogP contribution in [0.1, 0.15) is 31.0 Å². The number of thiazole rings is 1. The summed E-state index contributed by atoms with van der Waals surface area (Å²) in [4.78, 5) is 31.9. The molecule has 1 aliphatic heterocycles. The first-order valence-electron chi connectivity index (χ1n) is 11.1. The van der Waals surface area contributed by atoms with E-state index in [2.05, 4.69) is 4.99 Å². The zero-order valence-corrected chi connectivity index (χ0v) is 21.3. The molecule has 1 aromatic heterocycles. The monoisotopic (exact) mass is 510 g/mol. The number of nitrogens with zero attached hydrogens (tertiary/aromatic N) is 2. The molecular weight excluding hydrogens is 484 g/mol. The summed E-state index contributed by atoms with van der Waals surface area (Å²) < 4.78 is 23.4. The third-order valence-corrected chi connectivity index (χ3v) is 6.73. The number of benzene rings is 2. The Bertz CT molecular complexity index is 1530. The van der Waals surface area contributed by atoms with Crippen molar-refractivity contribution in [2.75, 3.05) is 27.9 Å². The van der Waals surface area contributed by atoms with E-state index in [1.165, 1.54) is 43.3 Å². The van der Waals surface area contributed by atoms with Gasteiger partial charge in [0.25, 0.3) is 5.56 Å². The smallest absolute Gasteiger partial charge is 0.338 e. The van der Waals surface area contributed by atoms with Gasteiger partial charge in [-0.05, 0) is 55.8 Å². The highest BCUT2D eigenvalue weighted by Crippen LogP contribution is 2.37. The van der Waals surface area contributed by atoms with Crippen LogP contribution in [0.5, 0.6) is 23.0 Å². The number of carbonyl (C=O) groups is 1. The number of carbonyl (C=O) groups excluding carboxylic acids is 1. The van der Waals surface area contributed by atoms with Gasteiger partial charge in [0.05, 0.1) is 43.7 Å². The Labute approximate surface area is 211 Å². The van der Waals surface area contributed by atoms with Crippen LogP contribution in [0.15, 0.2) is 57.5 Å². The van der Waals surface area contributed by atoms with Crippen LogP contribution in [0.4, 0.5) is 0 Å². The second kappa shape index (κ2) is 10.3. The van der Waals surface area contributed by atoms with Crippen LogP contribution in [0.3, 0.4) is 0 Å². The Balaban J connectivity index is 2.00. The molecular formula is C26H26N2O7S. The fourth-order valence-corrected chi connectivity index (χ4v) is 5.12. The summed E-state index contributed by atoms with van der Waals surface area (Å²) in [6, 6.07) is 9.16. The zero-order chi connectivity index (χ0) is 26.0. The molecule has 0 amide bonds. The molecule has 3 aromatic rings. The molecule has 188 valence electrons. The third-order valence-electron chi connectivity index (χ3n) is 5.75. The molecule has 1 atom stereocenters. The van der Waals surface area contributed by atoms with Crippen LogP contribution >= 0.6 is 11.3 Å². The molecule has 0 unspecified atom stereocenters. The van der Waals surface area contributed by atoms with Gasteiger partial charge in [-0.25, -0.2) is 9.79 Å². The average molecular weight is 511 g/mol. The lowest BCUT2D eigenvalue weighted by molar-refractivity contribution is -0.139. The molecule has 0 bridgehead atoms. The van der Waals surface area contributed by atoms with Crippen LogP contribution in [0.2, 0.25) is 0 Å². The number of ether oxygens (including phenoxy) is 4. The Morgan fingerprint density at radius 1 is 1.11 bits per heavy atom. The molecule has 0 spiro atoms. The van der Waals surface area contributed by atoms with Gasteiger partial charge in [-0.3, -0.25) is 9.36 Å². The van der Waals surface area contributed by atoms with E-state index in [1.807, 2.05) is 0 Å². The molecule has 2 heterocycles. The van der Waals surface area contributed by atoms with E-state index in [0.29, 0.717) is 37.7 Å². The van der Waals surface area contributed by atoms with Gasteiger partial charge < -0.3 is 24.1 Å². The van der Waals surface area contributed by atoms with Crippen molar-refractivity contribution in [2.24, 2.45) is 4.99 Å². The van der Waals surface area contributed by atoms with Gasteiger partial charge in [0.2, 0.25) is 0 Å². The van der Waals surface area contributed by atoms with E-state index >= 15 is 0 Å². The molecule has 0 saturated carbocycles. The molecule has 0 fully saturated rings. The summed E-state index contributed by atoms with van der Waals surface area (Å²) in [5.74, 6) is 0.746. The van der Waals surface area contributed by atoms with Crippen molar-refractivity contribution < 1.29 is 28.8 Å². The number of methoxy groups -OCH3 is 3. The lowest BCUT2D eigenvalue weighted by Crippen LogP contribution is -2.40. The highest BCUT2D eigenvalue weighted by atomic mass is 32.1. The van der Waals surface area contributed by atoms with E-state index in [0.717, 1.165) is 0 Å². The fourth-order valence-electron chi connectivity index (χ4n) is 4.07. The standard InChI is InChI=1S/C26H26N2O7S/c1-6-35-25(31)22-14(2)27-26-28(23(22)17-13-16(32-3)8-10-19(17)33-4)24(30)21(36-26)12-15-7-9-18(29)20(11-15)34-5/h7-13,23,29H,6H2,1-5H3/b21-12-/t23-/m0/s1. The largest absolute Gasteiger partial charge is 0.504 e. The van der Waals surface area contributed by atoms with E-state index in [-0.39, 0.29) is 29.2 Å². The van der Waals surface area contributed by atoms with Crippen LogP contribution in [-0.2, 0) is 9.53 Å². The number of rotatable bonds is 7. The van der Waals surface area contributed by atoms with Gasteiger partial charge >= 0.3 is 5.97 Å². The third kappa shape index (κ3) is 4.47. The van der Waals surface area contributed by atoms with E-state index in [1.54, 1.807) is 50.3 Å². The summed E-state index contributed by atoms with van der Waals surface area (Å²) in [7, 11) is 4.51. The van der Waals surface area contributed by atoms with Crippen molar-refractivity contribution >= 4 is 23.4 Å². The minimum absolute atomic E-state index is 0.00377. The Kier molecular flexibility index (Phi) is 7.16. The minimum atomic E-state index is -0.846. The normalized spacial score (nSPS) is 15.2. The van der Waals surface area contributed by atoms with E-state index < -0.39 is 12.0 Å². The Hall–Kier alpha value is -4.05. The Morgan fingerprint density at radius 2 is 1.86 bits per heavy atom. The van der Waals surface area contributed by atoms with Gasteiger partial charge in [0.15, 0.2) is 16.3 Å². The van der Waals surface area contributed by atoms with Crippen LogP contribution < -0.4 is 29.1 Å². The fraction of sp³-hybridized carbons (Fsp3) is 0.269. The molecule has 36 heavy (non-hydrogen) atoms. The Morgan fingerprint density at radius 3 is 2.53 bits per heavy atom. The second-order valence-corrected chi connectivity index (χ2v) is 8.85. The molecule has 0 aliphatic carbocycles. The first-order valence-corrected chi connectivity index (χ1v) is 11.9. The van der Waals surface area contributed by atoms with Crippen molar-refractivity contribution in [3.05, 3.63) is 78.5 Å². The molecule has 4 rings (SSSR count). The van der Waals surface area contributed by atoms with Crippen molar-refractivity contribution in [3.8, 4) is 23.0 Å². The van der Waals surface area contributed by atoms with Gasteiger partial charge in [0.1, 0.15) is 17.5 Å². The highest BCUT2D eigenvalue weighted by Gasteiger charge is 2.35. The lowest BCUT2D eigenvalue weighted by atomic mass is 9.94. The first-order chi connectivity index (χ1) is 17.3. The number of phenolic OH excluding ortho intramolecular Hbond substituents is 1. The van der Waals surface area contributed by atoms with Crippen molar-refractivity contribution in [1.82, 2.24) is 4.57 Å². The van der Waals surface area contributed by atoms with Gasteiger partial charge in [-0.15, -0.1) is 0 Å². The zero-order valence-electron chi connectivity index (χ0n) is 20.5. The van der Waals surface area contributed by atoms with Crippen LogP contribution in [0, 0.1) is 0 Å². The molecule has 0 radical (unpaired) electrons. The number of hydrogen-bond donors (Lipinski definition) is 1. The summed E-state index contributed by atoms with van der Waals surface area (Å²) in [5.41, 5.74) is 1.57. The molecule has 2 aromatic carbocycles. The highest BCUT2D eigenvalue weighted by molar-refractivity contribution is 7.07. The average Bonchev–Trinajstić information content (AvgIpc) is 3.18. The summed E-state index contributed by atoms with van der Waals surface area (Å²) in [6.45, 7) is 3.61. The predicted octanol–water partition coefficient (Wildman–Crippen LogP) is 2.53. The SMILES string of the molecule is CCOC(=O)C1=C(C)N=c2s/c(=C\c3ccc(O)c(OC)c3)c(=O)n2[C@H]1c1cc(OC)ccc1OC. The number of esters is 1. The van der Waals surface area contributed by atoms with Gasteiger partial charge in [0, 0.05) is 5.56 Å². The second-order valence-electron chi connectivity index (χ2n) is 7.84. The number of allylic oxidation sites excluding steroid dienone is 1. The summed E-state index contributed by atoms with van der Waals surface area (Å²) >= 11 is 1.19. The maximum Gasteiger partial charge on any atom is 0.338 e. The predicted molar refractivity (Wildman–Crippen MR) is 135 cm³/mol. The number of aromatic nitrogens is 1. The summed E-state index contributed by atoms with van der Waals surface area (Å²) in [6.07, 6.45) is 1.69. The molecule has 1 aliphatic rings. The maximum atomic E-state index is 13.8. The van der Waals surface area contributed by atoms with Gasteiger partial charge in [-0.2, -0.15) is 0 Å². The quantitative estimate of drug-likeness (QED) is 0.487. The van der Waals surface area contributed by atoms with E-state index in [4.69, 9.17) is 18.9 Å². The molecule has 1 N–H and O–H groups in total. The molecule has 0 saturated heterocycles. The first kappa shape index (κ1) is 25.1. The van der Waals surface area contributed by atoms with E-state index in [9.17, 15) is 14.7 Å². The number of hydrogen-bond acceptors (Lipinski definition) is 9.